The summed E-state index contributed by atoms with van der Waals surface area (Å²) >= 11 is 1.22. The Kier molecular flexibility index (Phi) is 5.67. The lowest BCUT2D eigenvalue weighted by Crippen LogP contribution is -2.30. The van der Waals surface area contributed by atoms with Crippen LogP contribution >= 0.6 is 11.3 Å². The topological polar surface area (TPSA) is 76.1 Å². The Morgan fingerprint density at radius 2 is 1.84 bits per heavy atom. The first-order chi connectivity index (χ1) is 15.4. The van der Waals surface area contributed by atoms with Gasteiger partial charge in [-0.3, -0.25) is 14.5 Å². The Balaban J connectivity index is 1.95. The average Bonchev–Trinajstić information content (AvgIpc) is 3.40. The lowest BCUT2D eigenvalue weighted by atomic mass is 9.99. The van der Waals surface area contributed by atoms with Crippen LogP contribution in [0.25, 0.3) is 5.76 Å². The minimum atomic E-state index is -1.11. The molecule has 1 atom stereocenters. The summed E-state index contributed by atoms with van der Waals surface area (Å²) in [5, 5.41) is 12.9. The summed E-state index contributed by atoms with van der Waals surface area (Å²) in [6, 6.07) is 9.54. The first-order valence-corrected chi connectivity index (χ1v) is 10.3. The van der Waals surface area contributed by atoms with Gasteiger partial charge in [-0.2, -0.15) is 0 Å². The minimum absolute atomic E-state index is 0.160. The van der Waals surface area contributed by atoms with Gasteiger partial charge in [0.05, 0.1) is 31.0 Å². The number of nitrogens with zero attached hydrogens (tertiary/aromatic N) is 1. The van der Waals surface area contributed by atoms with Crippen molar-refractivity contribution in [2.45, 2.75) is 6.04 Å². The fourth-order valence-electron chi connectivity index (χ4n) is 3.61. The number of ketones is 1. The largest absolute Gasteiger partial charge is 0.507 e. The van der Waals surface area contributed by atoms with Crippen LogP contribution in [0.15, 0.2) is 59.5 Å². The first kappa shape index (κ1) is 21.5. The summed E-state index contributed by atoms with van der Waals surface area (Å²) in [5.74, 6) is -3.67. The fourth-order valence-corrected chi connectivity index (χ4v) is 4.44. The Morgan fingerprint density at radius 3 is 2.47 bits per heavy atom. The van der Waals surface area contributed by atoms with Crippen molar-refractivity contribution in [1.29, 1.82) is 0 Å². The van der Waals surface area contributed by atoms with Gasteiger partial charge in [0.2, 0.25) is 0 Å². The zero-order valence-corrected chi connectivity index (χ0v) is 17.8. The number of amides is 1. The Morgan fingerprint density at radius 1 is 1.06 bits per heavy atom. The van der Waals surface area contributed by atoms with Gasteiger partial charge in [-0.15, -0.1) is 11.3 Å². The molecule has 164 valence electrons. The molecule has 1 fully saturated rings. The van der Waals surface area contributed by atoms with E-state index in [2.05, 4.69) is 0 Å². The van der Waals surface area contributed by atoms with E-state index in [1.165, 1.54) is 37.7 Å². The molecule has 2 heterocycles. The molecule has 1 amide bonds. The van der Waals surface area contributed by atoms with Crippen molar-refractivity contribution in [3.8, 4) is 11.5 Å². The van der Waals surface area contributed by atoms with E-state index in [0.29, 0.717) is 16.7 Å². The van der Waals surface area contributed by atoms with Crippen LogP contribution in [0.4, 0.5) is 14.5 Å². The van der Waals surface area contributed by atoms with Crippen molar-refractivity contribution in [1.82, 2.24) is 0 Å². The van der Waals surface area contributed by atoms with E-state index in [-0.39, 0.29) is 22.6 Å². The van der Waals surface area contributed by atoms with Crippen molar-refractivity contribution in [2.75, 3.05) is 19.1 Å². The van der Waals surface area contributed by atoms with E-state index in [0.717, 1.165) is 17.0 Å². The van der Waals surface area contributed by atoms with Gasteiger partial charge in [-0.1, -0.05) is 6.07 Å². The highest BCUT2D eigenvalue weighted by Gasteiger charge is 2.48. The maximum Gasteiger partial charge on any atom is 0.300 e. The second-order valence-electron chi connectivity index (χ2n) is 6.85. The molecule has 1 unspecified atom stereocenters. The number of methoxy groups -OCH3 is 2. The molecule has 0 spiro atoms. The molecule has 3 aromatic rings. The monoisotopic (exact) mass is 457 g/mol. The molecule has 1 N–H and O–H groups in total. The van der Waals surface area contributed by atoms with Gasteiger partial charge in [0.1, 0.15) is 34.9 Å². The molecule has 1 aromatic heterocycles. The van der Waals surface area contributed by atoms with Crippen LogP contribution in [-0.2, 0) is 9.59 Å². The molecule has 1 saturated heterocycles. The number of ether oxygens (including phenoxy) is 2. The molecule has 1 aliphatic heterocycles. The fraction of sp³-hybridized carbons (Fsp3) is 0.130. The van der Waals surface area contributed by atoms with Gasteiger partial charge < -0.3 is 14.6 Å². The molecule has 4 rings (SSSR count). The van der Waals surface area contributed by atoms with Crippen molar-refractivity contribution < 1.29 is 33.0 Å². The molecular formula is C23H17F2NO5S. The molecule has 0 radical (unpaired) electrons. The van der Waals surface area contributed by atoms with E-state index in [9.17, 15) is 23.5 Å². The lowest BCUT2D eigenvalue weighted by molar-refractivity contribution is -0.132. The van der Waals surface area contributed by atoms with Crippen molar-refractivity contribution in [3.05, 3.63) is 81.6 Å². The van der Waals surface area contributed by atoms with E-state index >= 15 is 0 Å². The van der Waals surface area contributed by atoms with Gasteiger partial charge >= 0.3 is 0 Å². The van der Waals surface area contributed by atoms with Crippen LogP contribution in [0.3, 0.4) is 0 Å². The third kappa shape index (κ3) is 3.50. The van der Waals surface area contributed by atoms with Crippen LogP contribution in [0.5, 0.6) is 11.5 Å². The second kappa shape index (κ2) is 8.43. The highest BCUT2D eigenvalue weighted by molar-refractivity contribution is 7.10. The summed E-state index contributed by atoms with van der Waals surface area (Å²) < 4.78 is 38.6. The maximum absolute atomic E-state index is 14.6. The van der Waals surface area contributed by atoms with Crippen LogP contribution in [0.1, 0.15) is 16.5 Å². The van der Waals surface area contributed by atoms with E-state index in [1.54, 1.807) is 23.6 Å². The van der Waals surface area contributed by atoms with Crippen LogP contribution in [0, 0.1) is 11.6 Å². The number of rotatable bonds is 5. The zero-order chi connectivity index (χ0) is 23.0. The number of carbonyl (C=O) groups excluding carboxylic acids is 2. The minimum Gasteiger partial charge on any atom is -0.507 e. The normalized spacial score (nSPS) is 17.6. The molecule has 2 aromatic carbocycles. The Labute approximate surface area is 185 Å². The Bertz CT molecular complexity index is 1240. The number of hydrogen-bond donors (Lipinski definition) is 1. The van der Waals surface area contributed by atoms with Crippen molar-refractivity contribution in [3.63, 3.8) is 0 Å². The lowest BCUT2D eigenvalue weighted by Gasteiger charge is -2.24. The third-order valence-electron chi connectivity index (χ3n) is 5.09. The van der Waals surface area contributed by atoms with E-state index in [1.807, 2.05) is 0 Å². The van der Waals surface area contributed by atoms with Crippen LogP contribution < -0.4 is 14.4 Å². The smallest absolute Gasteiger partial charge is 0.300 e. The summed E-state index contributed by atoms with van der Waals surface area (Å²) in [5.41, 5.74) is -0.343. The zero-order valence-electron chi connectivity index (χ0n) is 17.0. The summed E-state index contributed by atoms with van der Waals surface area (Å²) in [7, 11) is 2.85. The predicted molar refractivity (Wildman–Crippen MR) is 115 cm³/mol. The number of thiophene rings is 1. The van der Waals surface area contributed by atoms with Crippen LogP contribution in [0.2, 0.25) is 0 Å². The highest BCUT2D eigenvalue weighted by Crippen LogP contribution is 2.45. The molecule has 32 heavy (non-hydrogen) atoms. The number of aliphatic hydroxyl groups is 1. The number of hydrogen-bond acceptors (Lipinski definition) is 6. The molecule has 0 saturated carbocycles. The number of aliphatic hydroxyl groups excluding tert-OH is 1. The maximum atomic E-state index is 14.6. The van der Waals surface area contributed by atoms with Crippen molar-refractivity contribution in [2.24, 2.45) is 0 Å². The molecule has 0 bridgehead atoms. The number of halogens is 2. The van der Waals surface area contributed by atoms with Gasteiger partial charge in [0.15, 0.2) is 0 Å². The highest BCUT2D eigenvalue weighted by atomic mass is 32.1. The number of anilines is 1. The number of carbonyl (C=O) groups is 2. The quantitative estimate of drug-likeness (QED) is 0.342. The standard InChI is InChI=1S/C23H17F2NO5S/c1-30-13-6-7-14(17(11-13)31-2)21(27)19-20(18-4-3-9-32-18)26(23(29)22(19)28)16-8-5-12(24)10-15(16)25/h3-11,20,27H,1-2H3/b21-19-. The SMILES string of the molecule is COc1ccc(/C(O)=C2/C(=O)C(=O)N(c3ccc(F)cc3F)C2c2cccs2)c(OC)c1. The molecule has 9 heteroatoms. The van der Waals surface area contributed by atoms with Gasteiger partial charge in [-0.05, 0) is 35.7 Å². The molecule has 0 aliphatic carbocycles. The van der Waals surface area contributed by atoms with Gasteiger partial charge in [0, 0.05) is 17.0 Å². The van der Waals surface area contributed by atoms with Gasteiger partial charge in [-0.25, -0.2) is 8.78 Å². The molecular weight excluding hydrogens is 440 g/mol. The van der Waals surface area contributed by atoms with Gasteiger partial charge in [0.25, 0.3) is 11.7 Å². The first-order valence-electron chi connectivity index (χ1n) is 9.39. The third-order valence-corrected chi connectivity index (χ3v) is 6.01. The number of Topliss-reactive ketones (excluding diaryl/α,β-unsaturated/α-hetero) is 1. The van der Waals surface area contributed by atoms with Crippen molar-refractivity contribution >= 4 is 34.5 Å². The van der Waals surface area contributed by atoms with E-state index < -0.39 is 35.1 Å². The second-order valence-corrected chi connectivity index (χ2v) is 7.83. The molecule has 1 aliphatic rings. The van der Waals surface area contributed by atoms with Crippen LogP contribution in [-0.4, -0.2) is 31.0 Å². The average molecular weight is 457 g/mol. The predicted octanol–water partition coefficient (Wildman–Crippen LogP) is 4.67. The summed E-state index contributed by atoms with van der Waals surface area (Å²) in [6.07, 6.45) is 0. The summed E-state index contributed by atoms with van der Waals surface area (Å²) in [6.45, 7) is 0. The van der Waals surface area contributed by atoms with E-state index in [4.69, 9.17) is 9.47 Å². The number of benzene rings is 2. The summed E-state index contributed by atoms with van der Waals surface area (Å²) in [4.78, 5) is 27.5. The Hall–Kier alpha value is -3.72. The molecule has 6 nitrogen and oxygen atoms in total.